The zero-order valence-corrected chi connectivity index (χ0v) is 25.7. The third kappa shape index (κ3) is 7.38. The third-order valence-corrected chi connectivity index (χ3v) is 9.91. The lowest BCUT2D eigenvalue weighted by molar-refractivity contribution is 0.0745. The van der Waals surface area contributed by atoms with Crippen LogP contribution in [0.5, 0.6) is 5.75 Å². The minimum Gasteiger partial charge on any atom is -0.496 e. The number of aryl methyl sites for hydroxylation is 3. The second-order valence-corrected chi connectivity index (χ2v) is 12.6. The molecule has 0 atom stereocenters. The Bertz CT molecular complexity index is 1490. The molecular weight excluding hydrogens is 558 g/mol. The minimum atomic E-state index is -3.59. The molecule has 1 fully saturated rings. The van der Waals surface area contributed by atoms with Gasteiger partial charge in [0.05, 0.1) is 22.6 Å². The molecule has 7 nitrogen and oxygen atoms in total. The first-order valence-electron chi connectivity index (χ1n) is 13.8. The van der Waals surface area contributed by atoms with Gasteiger partial charge >= 0.3 is 0 Å². The standard InChI is InChI=1S/C32H38ClN3O4S/c1-24-22-25(2)31(26(3)23-24)41(38,39)36-20-17-34(18-21-36)16-19-35(32(37)28-12-6-7-13-29(28)33)15-9-11-27-10-5-8-14-30(27)40-4/h5-14,22-23H,15-21H2,1-4H3/b11-9+. The van der Waals surface area contributed by atoms with Gasteiger partial charge in [0.25, 0.3) is 5.91 Å². The maximum absolute atomic E-state index is 13.5. The lowest BCUT2D eigenvalue weighted by atomic mass is 10.1. The van der Waals surface area contributed by atoms with Crippen LogP contribution >= 0.6 is 11.6 Å². The van der Waals surface area contributed by atoms with Crippen LogP contribution < -0.4 is 4.74 Å². The molecule has 0 saturated carbocycles. The number of benzene rings is 3. The third-order valence-electron chi connectivity index (χ3n) is 7.37. The molecule has 0 unspecified atom stereocenters. The van der Waals surface area contributed by atoms with E-state index in [1.807, 2.05) is 69.3 Å². The number of piperazine rings is 1. The number of hydrogen-bond donors (Lipinski definition) is 0. The molecule has 4 rings (SSSR count). The van der Waals surface area contributed by atoms with Crippen LogP contribution in [0.4, 0.5) is 0 Å². The molecular formula is C32H38ClN3O4S. The summed E-state index contributed by atoms with van der Waals surface area (Å²) in [6.07, 6.45) is 3.90. The van der Waals surface area contributed by atoms with E-state index in [1.165, 1.54) is 0 Å². The number of sulfonamides is 1. The van der Waals surface area contributed by atoms with Gasteiger partial charge in [-0.3, -0.25) is 9.69 Å². The van der Waals surface area contributed by atoms with Gasteiger partial charge in [0.1, 0.15) is 5.75 Å². The summed E-state index contributed by atoms with van der Waals surface area (Å²) >= 11 is 6.37. The highest BCUT2D eigenvalue weighted by atomic mass is 35.5. The van der Waals surface area contributed by atoms with Gasteiger partial charge in [0.15, 0.2) is 0 Å². The molecule has 0 aromatic heterocycles. The number of methoxy groups -OCH3 is 1. The van der Waals surface area contributed by atoms with Crippen LogP contribution in [0.2, 0.25) is 5.02 Å². The van der Waals surface area contributed by atoms with Crippen molar-refractivity contribution in [3.05, 3.63) is 99.6 Å². The van der Waals surface area contributed by atoms with E-state index in [4.69, 9.17) is 16.3 Å². The van der Waals surface area contributed by atoms with E-state index >= 15 is 0 Å². The molecule has 3 aromatic carbocycles. The summed E-state index contributed by atoms with van der Waals surface area (Å²) in [7, 11) is -1.95. The van der Waals surface area contributed by atoms with Gasteiger partial charge in [-0.15, -0.1) is 0 Å². The van der Waals surface area contributed by atoms with Crippen LogP contribution in [0, 0.1) is 20.8 Å². The van der Waals surface area contributed by atoms with Crippen molar-refractivity contribution in [3.63, 3.8) is 0 Å². The molecule has 1 heterocycles. The maximum atomic E-state index is 13.5. The van der Waals surface area contributed by atoms with Crippen molar-refractivity contribution in [1.29, 1.82) is 0 Å². The molecule has 1 saturated heterocycles. The van der Waals surface area contributed by atoms with E-state index in [1.54, 1.807) is 40.6 Å². The Morgan fingerprint density at radius 3 is 2.27 bits per heavy atom. The van der Waals surface area contributed by atoms with Crippen molar-refractivity contribution >= 4 is 33.6 Å². The number of para-hydroxylation sites is 1. The molecule has 0 N–H and O–H groups in total. The van der Waals surface area contributed by atoms with Gasteiger partial charge in [0.2, 0.25) is 10.0 Å². The molecule has 41 heavy (non-hydrogen) atoms. The van der Waals surface area contributed by atoms with Crippen molar-refractivity contribution in [2.75, 3.05) is 52.9 Å². The largest absolute Gasteiger partial charge is 0.496 e. The molecule has 0 spiro atoms. The van der Waals surface area contributed by atoms with E-state index in [9.17, 15) is 13.2 Å². The highest BCUT2D eigenvalue weighted by Gasteiger charge is 2.31. The van der Waals surface area contributed by atoms with Gasteiger partial charge in [-0.05, 0) is 50.1 Å². The van der Waals surface area contributed by atoms with Crippen molar-refractivity contribution < 1.29 is 17.9 Å². The lowest BCUT2D eigenvalue weighted by Crippen LogP contribution is -2.50. The van der Waals surface area contributed by atoms with E-state index < -0.39 is 10.0 Å². The summed E-state index contributed by atoms with van der Waals surface area (Å²) in [6.45, 7) is 9.17. The van der Waals surface area contributed by atoms with Crippen molar-refractivity contribution in [3.8, 4) is 5.75 Å². The van der Waals surface area contributed by atoms with Gasteiger partial charge in [-0.1, -0.05) is 71.8 Å². The number of hydrogen-bond acceptors (Lipinski definition) is 5. The van der Waals surface area contributed by atoms with E-state index in [-0.39, 0.29) is 5.91 Å². The minimum absolute atomic E-state index is 0.146. The molecule has 0 radical (unpaired) electrons. The summed E-state index contributed by atoms with van der Waals surface area (Å²) in [5.41, 5.74) is 3.99. The first kappa shape index (κ1) is 30.8. The fourth-order valence-electron chi connectivity index (χ4n) is 5.35. The van der Waals surface area contributed by atoms with Crippen LogP contribution in [0.25, 0.3) is 6.08 Å². The Morgan fingerprint density at radius 1 is 0.976 bits per heavy atom. The Morgan fingerprint density at radius 2 is 1.61 bits per heavy atom. The number of amides is 1. The molecule has 3 aromatic rings. The summed E-state index contributed by atoms with van der Waals surface area (Å²) in [5.74, 6) is 0.614. The summed E-state index contributed by atoms with van der Waals surface area (Å²) in [4.78, 5) is 17.9. The van der Waals surface area contributed by atoms with Crippen LogP contribution in [0.3, 0.4) is 0 Å². The van der Waals surface area contributed by atoms with Crippen LogP contribution in [0.1, 0.15) is 32.6 Å². The van der Waals surface area contributed by atoms with E-state index in [0.717, 1.165) is 28.0 Å². The zero-order valence-electron chi connectivity index (χ0n) is 24.1. The number of carbonyl (C=O) groups is 1. The van der Waals surface area contributed by atoms with Gasteiger partial charge in [0, 0.05) is 51.4 Å². The summed E-state index contributed by atoms with van der Waals surface area (Å²) in [6, 6.07) is 18.6. The van der Waals surface area contributed by atoms with Gasteiger partial charge < -0.3 is 9.64 Å². The number of ether oxygens (including phenoxy) is 1. The Hall–Kier alpha value is -3.17. The monoisotopic (exact) mass is 595 g/mol. The molecule has 0 aliphatic carbocycles. The number of rotatable bonds is 10. The molecule has 1 aliphatic heterocycles. The van der Waals surface area contributed by atoms with E-state index in [2.05, 4.69) is 4.90 Å². The Labute approximate surface area is 249 Å². The average molecular weight is 596 g/mol. The first-order valence-corrected chi connectivity index (χ1v) is 15.6. The molecule has 0 bridgehead atoms. The number of carbonyl (C=O) groups excluding carboxylic acids is 1. The SMILES string of the molecule is COc1ccccc1/C=C/CN(CCN1CCN(S(=O)(=O)c2c(C)cc(C)cc2C)CC1)C(=O)c1ccccc1Cl. The molecule has 218 valence electrons. The lowest BCUT2D eigenvalue weighted by Gasteiger charge is -2.35. The second kappa shape index (κ2) is 13.7. The smallest absolute Gasteiger partial charge is 0.255 e. The van der Waals surface area contributed by atoms with Gasteiger partial charge in [-0.25, -0.2) is 8.42 Å². The first-order chi connectivity index (χ1) is 19.6. The predicted molar refractivity (Wildman–Crippen MR) is 165 cm³/mol. The summed E-state index contributed by atoms with van der Waals surface area (Å²) in [5, 5.41) is 0.414. The number of nitrogens with zero attached hydrogens (tertiary/aromatic N) is 3. The quantitative estimate of drug-likeness (QED) is 0.312. The van der Waals surface area contributed by atoms with Crippen molar-refractivity contribution in [1.82, 2.24) is 14.1 Å². The van der Waals surface area contributed by atoms with Crippen molar-refractivity contribution in [2.45, 2.75) is 25.7 Å². The van der Waals surface area contributed by atoms with Crippen LogP contribution in [-0.2, 0) is 10.0 Å². The zero-order chi connectivity index (χ0) is 29.6. The maximum Gasteiger partial charge on any atom is 0.255 e. The molecule has 1 amide bonds. The highest BCUT2D eigenvalue weighted by Crippen LogP contribution is 2.26. The normalized spacial score (nSPS) is 14.9. The molecule has 9 heteroatoms. The van der Waals surface area contributed by atoms with Crippen LogP contribution in [-0.4, -0.2) is 81.4 Å². The second-order valence-electron chi connectivity index (χ2n) is 10.3. The Balaban J connectivity index is 1.43. The van der Waals surface area contributed by atoms with E-state index in [0.29, 0.717) is 61.3 Å². The fourth-order valence-corrected chi connectivity index (χ4v) is 7.40. The number of halogens is 1. The summed E-state index contributed by atoms with van der Waals surface area (Å²) < 4.78 is 34.0. The average Bonchev–Trinajstić information content (AvgIpc) is 2.94. The predicted octanol–water partition coefficient (Wildman–Crippen LogP) is 5.44. The van der Waals surface area contributed by atoms with Crippen molar-refractivity contribution in [2.24, 2.45) is 0 Å². The molecule has 1 aliphatic rings. The van der Waals surface area contributed by atoms with Gasteiger partial charge in [-0.2, -0.15) is 4.31 Å². The fraction of sp³-hybridized carbons (Fsp3) is 0.344. The highest BCUT2D eigenvalue weighted by molar-refractivity contribution is 7.89. The van der Waals surface area contributed by atoms with Crippen LogP contribution in [0.15, 0.2) is 71.6 Å². The Kier molecular flexibility index (Phi) is 10.3. The topological polar surface area (TPSA) is 70.2 Å².